The number of esters is 1. The first-order chi connectivity index (χ1) is 14.5. The van der Waals surface area contributed by atoms with Crippen molar-refractivity contribution in [3.8, 4) is 11.1 Å². The Labute approximate surface area is 181 Å². The number of carbonyl (C=O) groups is 1. The Kier molecular flexibility index (Phi) is 6.46. The van der Waals surface area contributed by atoms with Gasteiger partial charge in [0.05, 0.1) is 5.92 Å². The smallest absolute Gasteiger partial charge is 0.426 e. The van der Waals surface area contributed by atoms with Gasteiger partial charge in [-0.3, -0.25) is 4.79 Å². The van der Waals surface area contributed by atoms with Crippen molar-refractivity contribution in [2.45, 2.75) is 33.3 Å². The fourth-order valence-corrected chi connectivity index (χ4v) is 3.92. The SMILES string of the molecule is CC1(C)[C@H](C(=O)OCc2cccc(-c3cccc(F)c3)c2CF)[C@@H]1/C=C(\Cl)C(F)(F)F. The van der Waals surface area contributed by atoms with Gasteiger partial charge in [-0.15, -0.1) is 0 Å². The zero-order valence-electron chi connectivity index (χ0n) is 16.8. The second-order valence-corrected chi connectivity index (χ2v) is 8.44. The largest absolute Gasteiger partial charge is 0.461 e. The molecule has 0 N–H and O–H groups in total. The lowest BCUT2D eigenvalue weighted by atomic mass is 9.96. The molecule has 1 saturated carbocycles. The molecular formula is C23H20ClF5O2. The Hall–Kier alpha value is -2.41. The molecule has 0 amide bonds. The van der Waals surface area contributed by atoms with E-state index in [1.807, 2.05) is 0 Å². The molecule has 166 valence electrons. The van der Waals surface area contributed by atoms with E-state index in [1.165, 1.54) is 18.2 Å². The average Bonchev–Trinajstić information content (AvgIpc) is 3.24. The third-order valence-corrected chi connectivity index (χ3v) is 6.01. The van der Waals surface area contributed by atoms with E-state index < -0.39 is 46.9 Å². The van der Waals surface area contributed by atoms with Gasteiger partial charge in [-0.2, -0.15) is 13.2 Å². The van der Waals surface area contributed by atoms with Crippen molar-refractivity contribution in [1.82, 2.24) is 0 Å². The lowest BCUT2D eigenvalue weighted by Gasteiger charge is -2.13. The monoisotopic (exact) mass is 458 g/mol. The number of halogens is 6. The van der Waals surface area contributed by atoms with Gasteiger partial charge in [-0.25, -0.2) is 8.78 Å². The van der Waals surface area contributed by atoms with Crippen LogP contribution in [0.1, 0.15) is 25.0 Å². The number of ether oxygens (including phenoxy) is 1. The summed E-state index contributed by atoms with van der Waals surface area (Å²) >= 11 is 5.30. The first kappa shape index (κ1) is 23.3. The summed E-state index contributed by atoms with van der Waals surface area (Å²) in [5.74, 6) is -2.65. The molecule has 1 fully saturated rings. The van der Waals surface area contributed by atoms with Crippen LogP contribution >= 0.6 is 11.6 Å². The van der Waals surface area contributed by atoms with E-state index in [-0.39, 0.29) is 12.2 Å². The van der Waals surface area contributed by atoms with Crippen LogP contribution in [-0.2, 0) is 22.8 Å². The van der Waals surface area contributed by atoms with Crippen LogP contribution in [0.4, 0.5) is 22.0 Å². The van der Waals surface area contributed by atoms with Gasteiger partial charge in [0.15, 0.2) is 0 Å². The van der Waals surface area contributed by atoms with Crippen LogP contribution in [-0.4, -0.2) is 12.1 Å². The van der Waals surface area contributed by atoms with Gasteiger partial charge in [-0.1, -0.05) is 61.9 Å². The zero-order chi connectivity index (χ0) is 23.0. The summed E-state index contributed by atoms with van der Waals surface area (Å²) in [4.78, 5) is 12.5. The maximum Gasteiger partial charge on any atom is 0.426 e. The van der Waals surface area contributed by atoms with E-state index >= 15 is 0 Å². The highest BCUT2D eigenvalue weighted by molar-refractivity contribution is 6.30. The fraction of sp³-hybridized carbons (Fsp3) is 0.348. The highest BCUT2D eigenvalue weighted by Crippen LogP contribution is 2.60. The van der Waals surface area contributed by atoms with E-state index in [0.29, 0.717) is 16.7 Å². The quantitative estimate of drug-likeness (QED) is 0.345. The molecule has 0 radical (unpaired) electrons. The first-order valence-electron chi connectivity index (χ1n) is 9.50. The maximum absolute atomic E-state index is 13.8. The van der Waals surface area contributed by atoms with Gasteiger partial charge < -0.3 is 4.74 Å². The summed E-state index contributed by atoms with van der Waals surface area (Å²) in [6, 6.07) is 10.6. The highest BCUT2D eigenvalue weighted by Gasteiger charge is 2.62. The maximum atomic E-state index is 13.8. The minimum atomic E-state index is -4.68. The molecule has 0 unspecified atom stereocenters. The topological polar surface area (TPSA) is 26.3 Å². The van der Waals surface area contributed by atoms with Crippen LogP contribution in [0.3, 0.4) is 0 Å². The van der Waals surface area contributed by atoms with E-state index in [1.54, 1.807) is 38.1 Å². The van der Waals surface area contributed by atoms with Crippen molar-refractivity contribution in [2.24, 2.45) is 17.3 Å². The van der Waals surface area contributed by atoms with Crippen LogP contribution in [0, 0.1) is 23.1 Å². The van der Waals surface area contributed by atoms with Crippen LogP contribution in [0.2, 0.25) is 0 Å². The minimum absolute atomic E-state index is 0.253. The molecule has 0 bridgehead atoms. The van der Waals surface area contributed by atoms with Crippen LogP contribution in [0.15, 0.2) is 53.6 Å². The Balaban J connectivity index is 1.76. The summed E-state index contributed by atoms with van der Waals surface area (Å²) in [5, 5.41) is -1.27. The lowest BCUT2D eigenvalue weighted by molar-refractivity contribution is -0.147. The van der Waals surface area contributed by atoms with E-state index in [2.05, 4.69) is 0 Å². The molecule has 0 aromatic heterocycles. The average molecular weight is 459 g/mol. The summed E-state index contributed by atoms with van der Waals surface area (Å²) in [6.07, 6.45) is -3.84. The number of rotatable bonds is 6. The summed E-state index contributed by atoms with van der Waals surface area (Å²) in [5.41, 5.74) is 0.870. The Morgan fingerprint density at radius 3 is 2.48 bits per heavy atom. The molecule has 2 atom stereocenters. The van der Waals surface area contributed by atoms with Gasteiger partial charge in [0, 0.05) is 0 Å². The third-order valence-electron chi connectivity index (χ3n) is 5.67. The number of carbonyl (C=O) groups excluding carboxylic acids is 1. The molecule has 2 aromatic rings. The normalized spacial score (nSPS) is 20.5. The van der Waals surface area contributed by atoms with Gasteiger partial charge in [0.25, 0.3) is 0 Å². The van der Waals surface area contributed by atoms with Crippen LogP contribution in [0.5, 0.6) is 0 Å². The summed E-state index contributed by atoms with van der Waals surface area (Å²) in [6.45, 7) is 2.19. The molecule has 31 heavy (non-hydrogen) atoms. The molecule has 1 aliphatic rings. The molecule has 8 heteroatoms. The van der Waals surface area contributed by atoms with Crippen molar-refractivity contribution in [2.75, 3.05) is 0 Å². The number of hydrogen-bond donors (Lipinski definition) is 0. The van der Waals surface area contributed by atoms with Crippen molar-refractivity contribution in [1.29, 1.82) is 0 Å². The van der Waals surface area contributed by atoms with Crippen molar-refractivity contribution >= 4 is 17.6 Å². The molecule has 2 nitrogen and oxygen atoms in total. The predicted molar refractivity (Wildman–Crippen MR) is 107 cm³/mol. The first-order valence-corrected chi connectivity index (χ1v) is 9.88. The second-order valence-electron chi connectivity index (χ2n) is 8.03. The Morgan fingerprint density at radius 1 is 1.19 bits per heavy atom. The molecule has 0 spiro atoms. The summed E-state index contributed by atoms with van der Waals surface area (Å²) < 4.78 is 70.8. The van der Waals surface area contributed by atoms with Crippen molar-refractivity contribution in [3.63, 3.8) is 0 Å². The molecule has 0 saturated heterocycles. The molecule has 0 heterocycles. The van der Waals surface area contributed by atoms with Gasteiger partial charge in [-0.05, 0) is 45.7 Å². The van der Waals surface area contributed by atoms with E-state index in [4.69, 9.17) is 16.3 Å². The molecule has 3 rings (SSSR count). The van der Waals surface area contributed by atoms with E-state index in [0.717, 1.165) is 6.08 Å². The lowest BCUT2D eigenvalue weighted by Crippen LogP contribution is -2.12. The molecule has 2 aromatic carbocycles. The standard InChI is InChI=1S/C23H20ClF5O2/c1-22(2)18(10-19(24)23(27,28)29)20(22)21(30)31-12-14-6-4-8-16(17(14)11-25)13-5-3-7-15(26)9-13/h3-10,18,20H,11-12H2,1-2H3/b19-10-/t18-,20-/m0/s1. The minimum Gasteiger partial charge on any atom is -0.461 e. The van der Waals surface area contributed by atoms with Crippen LogP contribution < -0.4 is 0 Å². The third kappa shape index (κ3) is 4.92. The molecular weight excluding hydrogens is 439 g/mol. The predicted octanol–water partition coefficient (Wildman–Crippen LogP) is 6.96. The van der Waals surface area contributed by atoms with Crippen LogP contribution in [0.25, 0.3) is 11.1 Å². The number of benzene rings is 2. The second kappa shape index (κ2) is 8.61. The zero-order valence-corrected chi connectivity index (χ0v) is 17.5. The van der Waals surface area contributed by atoms with Crippen molar-refractivity contribution in [3.05, 3.63) is 70.5 Å². The van der Waals surface area contributed by atoms with Gasteiger partial charge >= 0.3 is 12.1 Å². The Bertz CT molecular complexity index is 1010. The Morgan fingerprint density at radius 2 is 1.87 bits per heavy atom. The number of allylic oxidation sites excluding steroid dienone is 2. The fourth-order valence-electron chi connectivity index (χ4n) is 3.78. The van der Waals surface area contributed by atoms with Gasteiger partial charge in [0.2, 0.25) is 0 Å². The van der Waals surface area contributed by atoms with Gasteiger partial charge in [0.1, 0.15) is 24.1 Å². The number of hydrogen-bond acceptors (Lipinski definition) is 2. The number of alkyl halides is 4. The molecule has 0 aliphatic heterocycles. The van der Waals surface area contributed by atoms with E-state index in [9.17, 15) is 26.7 Å². The van der Waals surface area contributed by atoms with Crippen molar-refractivity contribution < 1.29 is 31.5 Å². The summed E-state index contributed by atoms with van der Waals surface area (Å²) in [7, 11) is 0. The highest BCUT2D eigenvalue weighted by atomic mass is 35.5. The molecule has 1 aliphatic carbocycles.